The number of rotatable bonds is 5. The summed E-state index contributed by atoms with van der Waals surface area (Å²) in [5.41, 5.74) is 1.06. The van der Waals surface area contributed by atoms with Gasteiger partial charge in [0.15, 0.2) is 6.61 Å². The van der Waals surface area contributed by atoms with Crippen LogP contribution in [0.3, 0.4) is 0 Å². The average molecular weight is 425 g/mol. The first-order chi connectivity index (χ1) is 13.3. The van der Waals surface area contributed by atoms with Gasteiger partial charge in [-0.1, -0.05) is 35.3 Å². The lowest BCUT2D eigenvalue weighted by molar-refractivity contribution is -0.139. The van der Waals surface area contributed by atoms with Crippen molar-refractivity contribution in [2.24, 2.45) is 0 Å². The normalized spacial score (nSPS) is 20.2. The van der Waals surface area contributed by atoms with Gasteiger partial charge in [-0.3, -0.25) is 9.69 Å². The predicted octanol–water partition coefficient (Wildman–Crippen LogP) is 4.63. The third-order valence-electron chi connectivity index (χ3n) is 4.99. The minimum atomic E-state index is -0.234. The highest BCUT2D eigenvalue weighted by Gasteiger charge is 2.32. The lowest BCUT2D eigenvalue weighted by atomic mass is 10.1. The maximum atomic E-state index is 13.1. The van der Waals surface area contributed by atoms with Gasteiger partial charge in [-0.25, -0.2) is 4.39 Å². The zero-order valence-corrected chi connectivity index (χ0v) is 17.4. The second kappa shape index (κ2) is 9.12. The molecule has 2 unspecified atom stereocenters. The first-order valence-electron chi connectivity index (χ1n) is 9.19. The maximum Gasteiger partial charge on any atom is 0.260 e. The number of amides is 1. The number of hydrogen-bond donors (Lipinski definition) is 0. The van der Waals surface area contributed by atoms with Gasteiger partial charge in [0.25, 0.3) is 5.91 Å². The van der Waals surface area contributed by atoms with E-state index < -0.39 is 0 Å². The van der Waals surface area contributed by atoms with Crippen molar-refractivity contribution in [2.45, 2.75) is 32.5 Å². The fourth-order valence-electron chi connectivity index (χ4n) is 3.38. The Labute approximate surface area is 174 Å². The SMILES string of the molecule is CC1CN(C(=O)COc2ccc(Cl)c(Cl)c2)C(C)CN1Cc1ccc(F)cc1. The topological polar surface area (TPSA) is 32.8 Å². The van der Waals surface area contributed by atoms with Crippen LogP contribution >= 0.6 is 23.2 Å². The van der Waals surface area contributed by atoms with Crippen LogP contribution in [0.2, 0.25) is 10.0 Å². The van der Waals surface area contributed by atoms with Gasteiger partial charge in [0.2, 0.25) is 0 Å². The molecule has 1 aliphatic rings. The average Bonchev–Trinajstić information content (AvgIpc) is 2.67. The predicted molar refractivity (Wildman–Crippen MR) is 109 cm³/mol. The summed E-state index contributed by atoms with van der Waals surface area (Å²) in [6.45, 7) is 6.17. The van der Waals surface area contributed by atoms with Crippen LogP contribution < -0.4 is 4.74 Å². The Morgan fingerprint density at radius 2 is 1.79 bits per heavy atom. The number of piperazine rings is 1. The summed E-state index contributed by atoms with van der Waals surface area (Å²) < 4.78 is 18.7. The van der Waals surface area contributed by atoms with Crippen molar-refractivity contribution in [1.29, 1.82) is 0 Å². The highest BCUT2D eigenvalue weighted by molar-refractivity contribution is 6.42. The second-order valence-corrected chi connectivity index (χ2v) is 7.98. The Morgan fingerprint density at radius 3 is 2.46 bits per heavy atom. The minimum absolute atomic E-state index is 0.0486. The Bertz CT molecular complexity index is 832. The first kappa shape index (κ1) is 20.9. The molecule has 150 valence electrons. The van der Waals surface area contributed by atoms with E-state index in [-0.39, 0.29) is 30.4 Å². The Kier molecular flexibility index (Phi) is 6.81. The van der Waals surface area contributed by atoms with Crippen LogP contribution in [0.4, 0.5) is 4.39 Å². The van der Waals surface area contributed by atoms with E-state index in [4.69, 9.17) is 27.9 Å². The fourth-order valence-corrected chi connectivity index (χ4v) is 3.67. The molecule has 0 bridgehead atoms. The van der Waals surface area contributed by atoms with Crippen LogP contribution in [0.5, 0.6) is 5.75 Å². The van der Waals surface area contributed by atoms with E-state index in [1.54, 1.807) is 30.3 Å². The zero-order chi connectivity index (χ0) is 20.3. The van der Waals surface area contributed by atoms with Gasteiger partial charge in [-0.2, -0.15) is 0 Å². The van der Waals surface area contributed by atoms with Crippen molar-refractivity contribution in [3.8, 4) is 5.75 Å². The summed E-state index contributed by atoms with van der Waals surface area (Å²) in [5, 5.41) is 0.836. The molecule has 7 heteroatoms. The molecule has 2 atom stereocenters. The van der Waals surface area contributed by atoms with E-state index >= 15 is 0 Å². The van der Waals surface area contributed by atoms with Gasteiger partial charge in [0.1, 0.15) is 11.6 Å². The standard InChI is InChI=1S/C21H23Cl2FN2O2/c1-14-11-26(21(27)13-28-18-7-8-19(22)20(23)9-18)15(2)10-25(14)12-16-3-5-17(24)6-4-16/h3-9,14-15H,10-13H2,1-2H3. The highest BCUT2D eigenvalue weighted by atomic mass is 35.5. The Balaban J connectivity index is 1.56. The second-order valence-electron chi connectivity index (χ2n) is 7.16. The van der Waals surface area contributed by atoms with E-state index in [1.807, 2.05) is 11.8 Å². The molecule has 0 aromatic heterocycles. The van der Waals surface area contributed by atoms with Crippen molar-refractivity contribution < 1.29 is 13.9 Å². The molecule has 1 fully saturated rings. The maximum absolute atomic E-state index is 13.1. The molecular formula is C21H23Cl2FN2O2. The van der Waals surface area contributed by atoms with Gasteiger partial charge in [-0.15, -0.1) is 0 Å². The molecule has 1 heterocycles. The molecule has 28 heavy (non-hydrogen) atoms. The largest absolute Gasteiger partial charge is 0.484 e. The third-order valence-corrected chi connectivity index (χ3v) is 5.73. The number of hydrogen-bond acceptors (Lipinski definition) is 3. The van der Waals surface area contributed by atoms with Crippen molar-refractivity contribution >= 4 is 29.1 Å². The van der Waals surface area contributed by atoms with Crippen LogP contribution in [-0.2, 0) is 11.3 Å². The van der Waals surface area contributed by atoms with Gasteiger partial charge < -0.3 is 9.64 Å². The van der Waals surface area contributed by atoms with E-state index in [0.29, 0.717) is 22.3 Å². The molecule has 0 spiro atoms. The molecular weight excluding hydrogens is 402 g/mol. The van der Waals surface area contributed by atoms with E-state index in [9.17, 15) is 9.18 Å². The summed E-state index contributed by atoms with van der Waals surface area (Å²) in [7, 11) is 0. The fraction of sp³-hybridized carbons (Fsp3) is 0.381. The molecule has 0 radical (unpaired) electrons. The molecule has 3 rings (SSSR count). The summed E-state index contributed by atoms with van der Waals surface area (Å²) in [4.78, 5) is 16.8. The van der Waals surface area contributed by atoms with Crippen LogP contribution in [0, 0.1) is 5.82 Å². The molecule has 1 aliphatic heterocycles. The first-order valence-corrected chi connectivity index (χ1v) is 9.95. The Morgan fingerprint density at radius 1 is 1.07 bits per heavy atom. The third kappa shape index (κ3) is 5.16. The van der Waals surface area contributed by atoms with Crippen LogP contribution in [0.1, 0.15) is 19.4 Å². The smallest absolute Gasteiger partial charge is 0.260 e. The van der Waals surface area contributed by atoms with Crippen LogP contribution in [0.15, 0.2) is 42.5 Å². The molecule has 2 aromatic rings. The van der Waals surface area contributed by atoms with E-state index in [2.05, 4.69) is 11.8 Å². The van der Waals surface area contributed by atoms with Crippen molar-refractivity contribution in [1.82, 2.24) is 9.80 Å². The van der Waals surface area contributed by atoms with Gasteiger partial charge >= 0.3 is 0 Å². The summed E-state index contributed by atoms with van der Waals surface area (Å²) in [6, 6.07) is 11.7. The molecule has 0 saturated carbocycles. The molecule has 1 saturated heterocycles. The van der Waals surface area contributed by atoms with Crippen molar-refractivity contribution in [3.63, 3.8) is 0 Å². The van der Waals surface area contributed by atoms with E-state index in [1.165, 1.54) is 12.1 Å². The van der Waals surface area contributed by atoms with Crippen LogP contribution in [-0.4, -0.2) is 47.5 Å². The number of ether oxygens (including phenoxy) is 1. The molecule has 0 N–H and O–H groups in total. The molecule has 2 aromatic carbocycles. The Hall–Kier alpha value is -1.82. The quantitative estimate of drug-likeness (QED) is 0.700. The van der Waals surface area contributed by atoms with Crippen molar-refractivity contribution in [3.05, 3.63) is 63.9 Å². The number of benzene rings is 2. The van der Waals surface area contributed by atoms with Gasteiger partial charge in [0.05, 0.1) is 10.0 Å². The minimum Gasteiger partial charge on any atom is -0.484 e. The molecule has 0 aliphatic carbocycles. The van der Waals surface area contributed by atoms with E-state index in [0.717, 1.165) is 18.7 Å². The molecule has 4 nitrogen and oxygen atoms in total. The summed E-state index contributed by atoms with van der Waals surface area (Å²) >= 11 is 11.9. The number of halogens is 3. The molecule has 1 amide bonds. The summed E-state index contributed by atoms with van der Waals surface area (Å²) in [6.07, 6.45) is 0. The van der Waals surface area contributed by atoms with Gasteiger partial charge in [0, 0.05) is 37.8 Å². The highest BCUT2D eigenvalue weighted by Crippen LogP contribution is 2.26. The van der Waals surface area contributed by atoms with Gasteiger partial charge in [-0.05, 0) is 43.7 Å². The number of nitrogens with zero attached hydrogens (tertiary/aromatic N) is 2. The zero-order valence-electron chi connectivity index (χ0n) is 15.9. The lowest BCUT2D eigenvalue weighted by Gasteiger charge is -2.44. The van der Waals surface area contributed by atoms with Crippen molar-refractivity contribution in [2.75, 3.05) is 19.7 Å². The number of carbonyl (C=O) groups excluding carboxylic acids is 1. The van der Waals surface area contributed by atoms with Crippen LogP contribution in [0.25, 0.3) is 0 Å². The monoisotopic (exact) mass is 424 g/mol. The number of carbonyl (C=O) groups is 1. The summed E-state index contributed by atoms with van der Waals surface area (Å²) in [5.74, 6) is 0.216. The lowest BCUT2D eigenvalue weighted by Crippen LogP contribution is -2.58.